The van der Waals surface area contributed by atoms with Gasteiger partial charge in [-0.25, -0.2) is 7.26 Å². The first-order chi connectivity index (χ1) is 5.12. The Morgan fingerprint density at radius 2 is 0.917 bits per heavy atom. The fourth-order valence-electron chi connectivity index (χ4n) is 0. The lowest BCUT2D eigenvalue weighted by Crippen LogP contribution is -1.91. The highest BCUT2D eigenvalue weighted by atomic mass is 32.3. The Balaban J connectivity index is 0. The van der Waals surface area contributed by atoms with Crippen LogP contribution >= 0.6 is 25.8 Å². The van der Waals surface area contributed by atoms with Crippen LogP contribution in [0.15, 0.2) is 0 Å². The number of hydrogen-bond donors (Lipinski definition) is 2. The van der Waals surface area contributed by atoms with Gasteiger partial charge in [0.25, 0.3) is 20.2 Å². The molecule has 76 valence electrons. The Kier molecular flexibility index (Phi) is 7.57. The van der Waals surface area contributed by atoms with Crippen molar-refractivity contribution in [2.24, 2.45) is 0 Å². The summed E-state index contributed by atoms with van der Waals surface area (Å²) in [6.07, 6.45) is 1.83. The summed E-state index contributed by atoms with van der Waals surface area (Å²) in [4.78, 5) is 0. The van der Waals surface area contributed by atoms with Crippen molar-refractivity contribution in [2.45, 2.75) is 0 Å². The molecule has 0 bridgehead atoms. The van der Waals surface area contributed by atoms with E-state index in [0.29, 0.717) is 0 Å². The van der Waals surface area contributed by atoms with Crippen LogP contribution in [0.5, 0.6) is 0 Å². The van der Waals surface area contributed by atoms with E-state index in [-0.39, 0.29) is 0 Å². The molecule has 0 amide bonds. The van der Waals surface area contributed by atoms with Crippen molar-refractivity contribution in [1.29, 1.82) is 0 Å². The highest BCUT2D eigenvalue weighted by Crippen LogP contribution is 1.86. The zero-order valence-corrected chi connectivity index (χ0v) is 9.58. The Morgan fingerprint density at radius 3 is 0.917 bits per heavy atom. The summed E-state index contributed by atoms with van der Waals surface area (Å²) < 4.78 is 46.0. The maximum Gasteiger partial charge on any atom is 0.274 e. The predicted octanol–water partition coefficient (Wildman–Crippen LogP) is -0.385. The average Bonchev–Trinajstić information content (AvgIpc) is 1.86. The second-order valence-corrected chi connectivity index (χ2v) is 5.57. The van der Waals surface area contributed by atoms with Crippen LogP contribution in [0.4, 0.5) is 0 Å². The van der Waals surface area contributed by atoms with Gasteiger partial charge in [-0.15, -0.1) is 0 Å². The number of thiol groups is 2. The van der Waals surface area contributed by atoms with Crippen LogP contribution in [0.2, 0.25) is 0 Å². The third-order valence-corrected chi connectivity index (χ3v) is 2.44. The Labute approximate surface area is 82.7 Å². The SMILES string of the molecule is CS(=O)(=O)OS.CS(=O)(=O)OS. The van der Waals surface area contributed by atoms with Gasteiger partial charge in [0.15, 0.2) is 0 Å². The fourth-order valence-corrected chi connectivity index (χ4v) is 0. The molecule has 0 radical (unpaired) electrons. The van der Waals surface area contributed by atoms with Crippen molar-refractivity contribution < 1.29 is 24.1 Å². The Morgan fingerprint density at radius 1 is 0.833 bits per heavy atom. The molecule has 12 heavy (non-hydrogen) atoms. The second-order valence-electron chi connectivity index (χ2n) is 1.56. The summed E-state index contributed by atoms with van der Waals surface area (Å²) >= 11 is 6.03. The highest BCUT2D eigenvalue weighted by Gasteiger charge is 1.92. The molecule has 0 aliphatic rings. The molecule has 0 rings (SSSR count). The molecule has 0 aromatic carbocycles. The molecule has 0 aliphatic carbocycles. The van der Waals surface area contributed by atoms with Gasteiger partial charge >= 0.3 is 0 Å². The van der Waals surface area contributed by atoms with E-state index in [1.165, 1.54) is 0 Å². The van der Waals surface area contributed by atoms with Crippen LogP contribution in [-0.4, -0.2) is 29.3 Å². The molecule has 0 fully saturated rings. The standard InChI is InChI=1S/2CH4O3S2/c2*1-6(2,3)4-5/h2*5H,1H3. The molecule has 0 unspecified atom stereocenters. The lowest BCUT2D eigenvalue weighted by molar-refractivity contribution is 0.527. The predicted molar refractivity (Wildman–Crippen MR) is 49.8 cm³/mol. The van der Waals surface area contributed by atoms with Crippen molar-refractivity contribution in [3.05, 3.63) is 0 Å². The van der Waals surface area contributed by atoms with Gasteiger partial charge in [-0.1, -0.05) is 0 Å². The van der Waals surface area contributed by atoms with Crippen LogP contribution in [-0.2, 0) is 27.5 Å². The molecular formula is C2H8O6S4. The van der Waals surface area contributed by atoms with Crippen LogP contribution in [0.3, 0.4) is 0 Å². The molecule has 0 saturated heterocycles. The molecule has 0 heterocycles. The molecule has 0 spiro atoms. The van der Waals surface area contributed by atoms with Gasteiger partial charge in [0, 0.05) is 0 Å². The van der Waals surface area contributed by atoms with Gasteiger partial charge in [-0.3, -0.25) is 0 Å². The quantitative estimate of drug-likeness (QED) is 0.517. The zero-order chi connectivity index (χ0) is 10.4. The smallest absolute Gasteiger partial charge is 0.201 e. The average molecular weight is 256 g/mol. The van der Waals surface area contributed by atoms with Gasteiger partial charge < -0.3 is 0 Å². The van der Waals surface area contributed by atoms with Gasteiger partial charge in [-0.05, 0) is 25.8 Å². The third kappa shape index (κ3) is 22.4. The van der Waals surface area contributed by atoms with Crippen molar-refractivity contribution in [3.63, 3.8) is 0 Å². The van der Waals surface area contributed by atoms with E-state index >= 15 is 0 Å². The van der Waals surface area contributed by atoms with Crippen molar-refractivity contribution in [2.75, 3.05) is 12.5 Å². The number of hydrogen-bond acceptors (Lipinski definition) is 8. The first-order valence-corrected chi connectivity index (χ1v) is 6.54. The van der Waals surface area contributed by atoms with E-state index in [9.17, 15) is 16.8 Å². The zero-order valence-electron chi connectivity index (χ0n) is 6.16. The van der Waals surface area contributed by atoms with Crippen LogP contribution in [0, 0.1) is 0 Å². The molecule has 0 N–H and O–H groups in total. The van der Waals surface area contributed by atoms with E-state index in [1.54, 1.807) is 0 Å². The van der Waals surface area contributed by atoms with Gasteiger partial charge in [0.05, 0.1) is 12.5 Å². The van der Waals surface area contributed by atoms with Gasteiger partial charge in [0.1, 0.15) is 0 Å². The van der Waals surface area contributed by atoms with Crippen LogP contribution < -0.4 is 0 Å². The lowest BCUT2D eigenvalue weighted by atomic mass is 12.0. The molecule has 10 heteroatoms. The van der Waals surface area contributed by atoms with E-state index < -0.39 is 20.2 Å². The van der Waals surface area contributed by atoms with E-state index in [1.807, 2.05) is 0 Å². The summed E-state index contributed by atoms with van der Waals surface area (Å²) in [7, 11) is -6.60. The minimum absolute atomic E-state index is 0.917. The summed E-state index contributed by atoms with van der Waals surface area (Å²) in [6, 6.07) is 0. The lowest BCUT2D eigenvalue weighted by Gasteiger charge is -1.82. The maximum atomic E-state index is 9.70. The summed E-state index contributed by atoms with van der Waals surface area (Å²) in [5.74, 6) is 0. The maximum absolute atomic E-state index is 9.70. The normalized spacial score (nSPS) is 11.7. The minimum Gasteiger partial charge on any atom is -0.201 e. The van der Waals surface area contributed by atoms with Gasteiger partial charge in [0.2, 0.25) is 0 Å². The third-order valence-electron chi connectivity index (χ3n) is 0.271. The number of rotatable bonds is 2. The molecule has 6 nitrogen and oxygen atoms in total. The highest BCUT2D eigenvalue weighted by molar-refractivity contribution is 7.95. The van der Waals surface area contributed by atoms with Crippen molar-refractivity contribution in [1.82, 2.24) is 0 Å². The Hall–Kier alpha value is 0.520. The van der Waals surface area contributed by atoms with Crippen LogP contribution in [0.25, 0.3) is 0 Å². The first kappa shape index (κ1) is 15.0. The molecule has 0 aromatic heterocycles. The fraction of sp³-hybridized carbons (Fsp3) is 1.00. The molecule has 0 atom stereocenters. The summed E-state index contributed by atoms with van der Waals surface area (Å²) in [6.45, 7) is 0. The van der Waals surface area contributed by atoms with E-state index in [0.717, 1.165) is 12.5 Å². The first-order valence-electron chi connectivity index (χ1n) is 2.18. The monoisotopic (exact) mass is 256 g/mol. The molecule has 0 aromatic rings. The second kappa shape index (κ2) is 6.05. The topological polar surface area (TPSA) is 86.7 Å². The summed E-state index contributed by atoms with van der Waals surface area (Å²) in [5.41, 5.74) is 0. The molecular weight excluding hydrogens is 248 g/mol. The van der Waals surface area contributed by atoms with Crippen molar-refractivity contribution in [3.8, 4) is 0 Å². The van der Waals surface area contributed by atoms with Crippen LogP contribution in [0.1, 0.15) is 0 Å². The Bertz CT molecular complexity index is 254. The minimum atomic E-state index is -3.30. The molecule has 0 saturated carbocycles. The summed E-state index contributed by atoms with van der Waals surface area (Å²) in [5, 5.41) is 0. The largest absolute Gasteiger partial charge is 0.274 e. The van der Waals surface area contributed by atoms with Gasteiger partial charge in [-0.2, -0.15) is 16.8 Å². The molecule has 0 aliphatic heterocycles. The van der Waals surface area contributed by atoms with E-state index in [4.69, 9.17) is 0 Å². The van der Waals surface area contributed by atoms with Crippen molar-refractivity contribution >= 4 is 46.1 Å². The van der Waals surface area contributed by atoms with E-state index in [2.05, 4.69) is 33.1 Å².